The van der Waals surface area contributed by atoms with Gasteiger partial charge in [0.25, 0.3) is 11.4 Å². The van der Waals surface area contributed by atoms with Crippen molar-refractivity contribution in [2.24, 2.45) is 5.11 Å². The Morgan fingerprint density at radius 3 is 2.25 bits per heavy atom. The van der Waals surface area contributed by atoms with Crippen LogP contribution in [-0.4, -0.2) is 9.85 Å². The summed E-state index contributed by atoms with van der Waals surface area (Å²) >= 11 is 0. The molecule has 16 heavy (non-hydrogen) atoms. The Balaban J connectivity index is 3.55. The van der Waals surface area contributed by atoms with Gasteiger partial charge in [0.15, 0.2) is 0 Å². The molecule has 0 unspecified atom stereocenters. The minimum Gasteiger partial charge on any atom is -0.393 e. The van der Waals surface area contributed by atoms with E-state index < -0.39 is 21.2 Å². The highest BCUT2D eigenvalue weighted by atomic mass is 16.6. The highest BCUT2D eigenvalue weighted by Gasteiger charge is 2.22. The van der Waals surface area contributed by atoms with Crippen LogP contribution in [0.2, 0.25) is 0 Å². The summed E-state index contributed by atoms with van der Waals surface area (Å²) in [5.74, 6) is 0. The van der Waals surface area contributed by atoms with Crippen molar-refractivity contribution in [2.75, 3.05) is 5.73 Å². The molecule has 1 aromatic carbocycles. The first-order valence-electron chi connectivity index (χ1n) is 3.74. The van der Waals surface area contributed by atoms with Gasteiger partial charge in [-0.05, 0) is 11.6 Å². The highest BCUT2D eigenvalue weighted by molar-refractivity contribution is 5.73. The smallest absolute Gasteiger partial charge is 0.299 e. The number of hydrogen-bond acceptors (Lipinski definition) is 6. The molecule has 0 aliphatic rings. The Labute approximate surface area is 87.2 Å². The Bertz CT molecular complexity index is 520. The van der Waals surface area contributed by atoms with Crippen LogP contribution in [0, 0.1) is 20.2 Å². The van der Waals surface area contributed by atoms with E-state index >= 15 is 0 Å². The van der Waals surface area contributed by atoms with Crippen molar-refractivity contribution in [2.45, 2.75) is 0 Å². The largest absolute Gasteiger partial charge is 0.393 e. The lowest BCUT2D eigenvalue weighted by atomic mass is 10.2. The topological polar surface area (TPSA) is 161 Å². The predicted octanol–water partition coefficient (Wildman–Crippen LogP) is 2.03. The zero-order valence-electron chi connectivity index (χ0n) is 7.60. The van der Waals surface area contributed by atoms with Crippen LogP contribution in [0.5, 0.6) is 0 Å². The van der Waals surface area contributed by atoms with Crippen molar-refractivity contribution in [1.82, 2.24) is 0 Å². The number of rotatable bonds is 3. The fourth-order valence-corrected chi connectivity index (χ4v) is 1.01. The number of hydrogen-bond donors (Lipinski definition) is 1. The van der Waals surface area contributed by atoms with Crippen molar-refractivity contribution in [3.05, 3.63) is 42.8 Å². The molecular weight excluding hydrogens is 220 g/mol. The average molecular weight is 224 g/mol. The summed E-state index contributed by atoms with van der Waals surface area (Å²) in [4.78, 5) is 21.6. The number of benzene rings is 1. The van der Waals surface area contributed by atoms with E-state index in [0.717, 1.165) is 6.07 Å². The lowest BCUT2D eigenvalue weighted by Crippen LogP contribution is -1.98. The molecule has 0 fully saturated rings. The molecule has 0 aliphatic carbocycles. The molecule has 10 heteroatoms. The van der Waals surface area contributed by atoms with Gasteiger partial charge in [-0.3, -0.25) is 20.2 Å². The highest BCUT2D eigenvalue weighted by Crippen LogP contribution is 2.35. The summed E-state index contributed by atoms with van der Waals surface area (Å²) in [6.45, 7) is 0. The summed E-state index contributed by atoms with van der Waals surface area (Å²) < 4.78 is 0. The van der Waals surface area contributed by atoms with Gasteiger partial charge in [0, 0.05) is 4.91 Å². The van der Waals surface area contributed by atoms with Crippen molar-refractivity contribution in [3.63, 3.8) is 0 Å². The Morgan fingerprint density at radius 2 is 1.81 bits per heavy atom. The maximum absolute atomic E-state index is 10.5. The third-order valence-corrected chi connectivity index (χ3v) is 1.67. The second kappa shape index (κ2) is 4.11. The van der Waals surface area contributed by atoms with Crippen LogP contribution >= 0.6 is 0 Å². The normalized spacial score (nSPS) is 9.25. The van der Waals surface area contributed by atoms with E-state index in [9.17, 15) is 20.2 Å². The number of nitrogens with zero attached hydrogens (tertiary/aromatic N) is 5. The first-order chi connectivity index (χ1) is 7.47. The maximum atomic E-state index is 10.5. The Hall–Kier alpha value is -2.87. The van der Waals surface area contributed by atoms with Crippen LogP contribution in [0.1, 0.15) is 0 Å². The van der Waals surface area contributed by atoms with Crippen LogP contribution in [0.15, 0.2) is 17.2 Å². The molecule has 0 heterocycles. The molecule has 0 saturated heterocycles. The molecule has 0 saturated carbocycles. The van der Waals surface area contributed by atoms with Gasteiger partial charge in [-0.2, -0.15) is 0 Å². The van der Waals surface area contributed by atoms with E-state index in [4.69, 9.17) is 11.3 Å². The second-order valence-electron chi connectivity index (χ2n) is 2.60. The fourth-order valence-electron chi connectivity index (χ4n) is 1.01. The minimum atomic E-state index is -0.892. The van der Waals surface area contributed by atoms with E-state index in [2.05, 4.69) is 10.0 Å². The molecule has 82 valence electrons. The third-order valence-electron chi connectivity index (χ3n) is 1.67. The van der Waals surface area contributed by atoms with Crippen LogP contribution < -0.4 is 5.73 Å². The first-order valence-corrected chi connectivity index (χ1v) is 3.74. The standard InChI is InChI=1S/C6H4N6O4/c7-3-1-4(9-10-8)6(12(15)16)2-5(3)11(13)14/h1-2H,7H2. The molecule has 0 spiro atoms. The summed E-state index contributed by atoms with van der Waals surface area (Å²) in [7, 11) is 0. The number of anilines is 1. The van der Waals surface area contributed by atoms with Gasteiger partial charge >= 0.3 is 0 Å². The van der Waals surface area contributed by atoms with Gasteiger partial charge < -0.3 is 5.73 Å². The molecule has 0 aromatic heterocycles. The summed E-state index contributed by atoms with van der Waals surface area (Å²) in [6.07, 6.45) is 0. The number of nitro groups is 2. The van der Waals surface area contributed by atoms with Gasteiger partial charge in [0.1, 0.15) is 11.4 Å². The van der Waals surface area contributed by atoms with Gasteiger partial charge in [0.05, 0.1) is 15.9 Å². The number of nitrogens with two attached hydrogens (primary N) is 1. The maximum Gasteiger partial charge on any atom is 0.299 e. The Morgan fingerprint density at radius 1 is 1.25 bits per heavy atom. The van der Waals surface area contributed by atoms with Crippen molar-refractivity contribution >= 4 is 22.7 Å². The molecular formula is C6H4N6O4. The lowest BCUT2D eigenvalue weighted by Gasteiger charge is -1.99. The minimum absolute atomic E-state index is 0.307. The van der Waals surface area contributed by atoms with Crippen LogP contribution in [0.4, 0.5) is 22.7 Å². The molecule has 0 atom stereocenters. The molecule has 0 amide bonds. The predicted molar refractivity (Wildman–Crippen MR) is 53.0 cm³/mol. The van der Waals surface area contributed by atoms with E-state index in [1.807, 2.05) is 0 Å². The van der Waals surface area contributed by atoms with E-state index in [1.165, 1.54) is 0 Å². The van der Waals surface area contributed by atoms with Gasteiger partial charge in [-0.25, -0.2) is 0 Å². The van der Waals surface area contributed by atoms with Gasteiger partial charge in [-0.1, -0.05) is 5.11 Å². The number of nitro benzene ring substituents is 2. The summed E-state index contributed by atoms with van der Waals surface area (Å²) in [5, 5.41) is 24.0. The summed E-state index contributed by atoms with van der Waals surface area (Å²) in [6, 6.07) is 1.54. The molecule has 2 N–H and O–H groups in total. The molecule has 10 nitrogen and oxygen atoms in total. The summed E-state index contributed by atoms with van der Waals surface area (Å²) in [5.41, 5.74) is 11.5. The SMILES string of the molecule is [N-]=[N+]=Nc1cc(N)c([N+](=O)[O-])cc1[N+](=O)[O-]. The third kappa shape index (κ3) is 1.96. The van der Waals surface area contributed by atoms with Crippen LogP contribution in [0.3, 0.4) is 0 Å². The Kier molecular flexibility index (Phi) is 2.88. The van der Waals surface area contributed by atoms with Crippen LogP contribution in [0.25, 0.3) is 10.4 Å². The van der Waals surface area contributed by atoms with E-state index in [-0.39, 0.29) is 11.4 Å². The zero-order chi connectivity index (χ0) is 12.3. The lowest BCUT2D eigenvalue weighted by molar-refractivity contribution is -0.393. The first kappa shape index (κ1) is 11.2. The molecule has 1 rings (SSSR count). The van der Waals surface area contributed by atoms with Crippen molar-refractivity contribution in [1.29, 1.82) is 0 Å². The van der Waals surface area contributed by atoms with E-state index in [0.29, 0.717) is 6.07 Å². The molecule has 0 bridgehead atoms. The fraction of sp³-hybridized carbons (Fsp3) is 0. The van der Waals surface area contributed by atoms with Gasteiger partial charge in [0.2, 0.25) is 0 Å². The zero-order valence-corrected chi connectivity index (χ0v) is 7.60. The van der Waals surface area contributed by atoms with Crippen molar-refractivity contribution in [3.8, 4) is 0 Å². The van der Waals surface area contributed by atoms with Gasteiger partial charge in [-0.15, -0.1) is 0 Å². The quantitative estimate of drug-likeness (QED) is 0.207. The van der Waals surface area contributed by atoms with Crippen molar-refractivity contribution < 1.29 is 9.85 Å². The monoisotopic (exact) mass is 224 g/mol. The second-order valence-corrected chi connectivity index (χ2v) is 2.60. The van der Waals surface area contributed by atoms with Crippen LogP contribution in [-0.2, 0) is 0 Å². The average Bonchev–Trinajstić information content (AvgIpc) is 2.17. The molecule has 0 radical (unpaired) electrons. The molecule has 1 aromatic rings. The molecule has 0 aliphatic heterocycles. The van der Waals surface area contributed by atoms with E-state index in [1.54, 1.807) is 0 Å². The number of nitrogen functional groups attached to an aromatic ring is 1. The number of azide groups is 1.